The van der Waals surface area contributed by atoms with Gasteiger partial charge in [0.15, 0.2) is 11.5 Å². The zero-order chi connectivity index (χ0) is 15.1. The van der Waals surface area contributed by atoms with Crippen molar-refractivity contribution in [1.82, 2.24) is 15.0 Å². The van der Waals surface area contributed by atoms with Crippen molar-refractivity contribution in [1.29, 1.82) is 5.26 Å². The first-order valence-electron chi connectivity index (χ1n) is 6.36. The average molecular weight is 286 g/mol. The van der Waals surface area contributed by atoms with Crippen molar-refractivity contribution in [3.8, 4) is 6.07 Å². The number of aromatic nitrogens is 2. The van der Waals surface area contributed by atoms with Gasteiger partial charge in [0.25, 0.3) is 0 Å². The lowest BCUT2D eigenvalue weighted by Crippen LogP contribution is -2.23. The Labute approximate surface area is 121 Å². The number of nitrogens with zero attached hydrogens (tertiary/aromatic N) is 4. The summed E-state index contributed by atoms with van der Waals surface area (Å²) in [6.07, 6.45) is 3.82. The van der Waals surface area contributed by atoms with Crippen molar-refractivity contribution in [2.45, 2.75) is 19.5 Å². The van der Waals surface area contributed by atoms with Crippen LogP contribution in [-0.2, 0) is 13.1 Å². The molecule has 0 amide bonds. The number of nitriles is 1. The van der Waals surface area contributed by atoms with E-state index in [4.69, 9.17) is 14.9 Å². The van der Waals surface area contributed by atoms with Crippen molar-refractivity contribution >= 4 is 5.97 Å². The average Bonchev–Trinajstić information content (AvgIpc) is 2.94. The standard InChI is InChI=1S/C14H14N4O3/c15-4-2-6-18(9-11-3-1-5-16-8-11)10-12-7-13(14(19)20)17-21-12/h1,3,5,7-8H,2,6,9-10H2,(H,19,20). The van der Waals surface area contributed by atoms with Crippen LogP contribution < -0.4 is 0 Å². The second-order valence-corrected chi connectivity index (χ2v) is 4.46. The van der Waals surface area contributed by atoms with Crippen molar-refractivity contribution in [3.05, 3.63) is 47.6 Å². The summed E-state index contributed by atoms with van der Waals surface area (Å²) >= 11 is 0. The van der Waals surface area contributed by atoms with E-state index in [1.807, 2.05) is 17.0 Å². The van der Waals surface area contributed by atoms with Crippen LogP contribution in [0.1, 0.15) is 28.2 Å². The molecule has 0 spiro atoms. The highest BCUT2D eigenvalue weighted by molar-refractivity contribution is 5.85. The van der Waals surface area contributed by atoms with Crippen LogP contribution in [0.5, 0.6) is 0 Å². The highest BCUT2D eigenvalue weighted by Crippen LogP contribution is 2.11. The quantitative estimate of drug-likeness (QED) is 0.825. The van der Waals surface area contributed by atoms with Crippen LogP contribution in [0.3, 0.4) is 0 Å². The Kier molecular flexibility index (Phi) is 5.01. The van der Waals surface area contributed by atoms with Gasteiger partial charge in [0.2, 0.25) is 0 Å². The summed E-state index contributed by atoms with van der Waals surface area (Å²) in [4.78, 5) is 16.8. The lowest BCUT2D eigenvalue weighted by Gasteiger charge is -2.19. The molecule has 0 aliphatic carbocycles. The number of rotatable bonds is 7. The monoisotopic (exact) mass is 286 g/mol. The number of pyridine rings is 1. The van der Waals surface area contributed by atoms with Crippen molar-refractivity contribution in [2.24, 2.45) is 0 Å². The molecule has 0 fully saturated rings. The third kappa shape index (κ3) is 4.40. The zero-order valence-corrected chi connectivity index (χ0v) is 11.3. The van der Waals surface area contributed by atoms with Gasteiger partial charge in [-0.25, -0.2) is 4.79 Å². The second-order valence-electron chi connectivity index (χ2n) is 4.46. The molecular formula is C14H14N4O3. The summed E-state index contributed by atoms with van der Waals surface area (Å²) in [5.74, 6) is -0.671. The molecule has 0 saturated carbocycles. The summed E-state index contributed by atoms with van der Waals surface area (Å²) < 4.78 is 5.00. The number of carbonyl (C=O) groups is 1. The van der Waals surface area contributed by atoms with E-state index < -0.39 is 5.97 Å². The predicted octanol–water partition coefficient (Wildman–Crippen LogP) is 1.68. The fourth-order valence-electron chi connectivity index (χ4n) is 1.88. The van der Waals surface area contributed by atoms with Crippen molar-refractivity contribution < 1.29 is 14.4 Å². The minimum atomic E-state index is -1.12. The minimum absolute atomic E-state index is 0.119. The minimum Gasteiger partial charge on any atom is -0.476 e. The van der Waals surface area contributed by atoms with E-state index in [0.29, 0.717) is 31.8 Å². The van der Waals surface area contributed by atoms with Gasteiger partial charge in [-0.1, -0.05) is 11.2 Å². The highest BCUT2D eigenvalue weighted by atomic mass is 16.5. The van der Waals surface area contributed by atoms with E-state index in [2.05, 4.69) is 16.2 Å². The Bertz CT molecular complexity index is 633. The topological polar surface area (TPSA) is 103 Å². The van der Waals surface area contributed by atoms with Gasteiger partial charge in [-0.3, -0.25) is 9.88 Å². The number of hydrogen-bond donors (Lipinski definition) is 1. The van der Waals surface area contributed by atoms with Gasteiger partial charge in [0, 0.05) is 38.0 Å². The first kappa shape index (κ1) is 14.7. The van der Waals surface area contributed by atoms with Crippen LogP contribution in [0.15, 0.2) is 35.1 Å². The molecule has 21 heavy (non-hydrogen) atoms. The lowest BCUT2D eigenvalue weighted by molar-refractivity contribution is 0.0685. The van der Waals surface area contributed by atoms with Crippen LogP contribution in [-0.4, -0.2) is 32.7 Å². The second kappa shape index (κ2) is 7.17. The van der Waals surface area contributed by atoms with Crippen molar-refractivity contribution in [3.63, 3.8) is 0 Å². The maximum absolute atomic E-state index is 10.8. The van der Waals surface area contributed by atoms with Crippen molar-refractivity contribution in [2.75, 3.05) is 6.54 Å². The Morgan fingerprint density at radius 2 is 2.33 bits per heavy atom. The van der Waals surface area contributed by atoms with Gasteiger partial charge < -0.3 is 9.63 Å². The molecular weight excluding hydrogens is 272 g/mol. The Morgan fingerprint density at radius 1 is 1.48 bits per heavy atom. The number of aromatic carboxylic acids is 1. The first-order chi connectivity index (χ1) is 10.2. The van der Waals surface area contributed by atoms with E-state index in [9.17, 15) is 4.79 Å². The Morgan fingerprint density at radius 3 is 2.95 bits per heavy atom. The molecule has 108 valence electrons. The first-order valence-corrected chi connectivity index (χ1v) is 6.36. The van der Waals surface area contributed by atoms with Gasteiger partial charge in [0.05, 0.1) is 12.6 Å². The molecule has 0 aliphatic rings. The Balaban J connectivity index is 2.05. The summed E-state index contributed by atoms with van der Waals surface area (Å²) in [6.45, 7) is 1.53. The predicted molar refractivity (Wildman–Crippen MR) is 72.0 cm³/mol. The molecule has 2 aromatic rings. The zero-order valence-electron chi connectivity index (χ0n) is 11.3. The molecule has 0 atom stereocenters. The molecule has 7 heteroatoms. The molecule has 2 rings (SSSR count). The molecule has 0 bridgehead atoms. The molecule has 2 heterocycles. The fourth-order valence-corrected chi connectivity index (χ4v) is 1.88. The van der Waals surface area contributed by atoms with Gasteiger partial charge in [0.1, 0.15) is 0 Å². The van der Waals surface area contributed by atoms with E-state index in [1.165, 1.54) is 6.07 Å². The summed E-state index contributed by atoms with van der Waals surface area (Å²) in [7, 11) is 0. The molecule has 2 aromatic heterocycles. The fraction of sp³-hybridized carbons (Fsp3) is 0.286. The van der Waals surface area contributed by atoms with Gasteiger partial charge >= 0.3 is 5.97 Å². The van der Waals surface area contributed by atoms with E-state index >= 15 is 0 Å². The smallest absolute Gasteiger partial charge is 0.358 e. The largest absolute Gasteiger partial charge is 0.476 e. The molecule has 0 radical (unpaired) electrons. The van der Waals surface area contributed by atoms with Crippen LogP contribution in [0, 0.1) is 11.3 Å². The molecule has 0 unspecified atom stereocenters. The van der Waals surface area contributed by atoms with Crippen LogP contribution in [0.25, 0.3) is 0 Å². The van der Waals surface area contributed by atoms with E-state index in [1.54, 1.807) is 12.4 Å². The normalized spacial score (nSPS) is 10.5. The van der Waals surface area contributed by atoms with E-state index in [0.717, 1.165) is 5.56 Å². The lowest BCUT2D eigenvalue weighted by atomic mass is 10.2. The Hall–Kier alpha value is -2.72. The SMILES string of the molecule is N#CCCN(Cc1cccnc1)Cc1cc(C(=O)O)no1. The molecule has 0 aromatic carbocycles. The van der Waals surface area contributed by atoms with Gasteiger partial charge in [-0.15, -0.1) is 0 Å². The van der Waals surface area contributed by atoms with Crippen LogP contribution >= 0.6 is 0 Å². The number of carboxylic acids is 1. The molecule has 0 aliphatic heterocycles. The van der Waals surface area contributed by atoms with Gasteiger partial charge in [-0.05, 0) is 11.6 Å². The maximum Gasteiger partial charge on any atom is 0.358 e. The summed E-state index contributed by atoms with van der Waals surface area (Å²) in [6, 6.07) is 7.27. The highest BCUT2D eigenvalue weighted by Gasteiger charge is 2.14. The molecule has 1 N–H and O–H groups in total. The molecule has 7 nitrogen and oxygen atoms in total. The van der Waals surface area contributed by atoms with Crippen LogP contribution in [0.4, 0.5) is 0 Å². The maximum atomic E-state index is 10.8. The van der Waals surface area contributed by atoms with E-state index in [-0.39, 0.29) is 5.69 Å². The summed E-state index contributed by atoms with van der Waals surface area (Å²) in [5.41, 5.74) is 0.889. The summed E-state index contributed by atoms with van der Waals surface area (Å²) in [5, 5.41) is 21.0. The molecule has 0 saturated heterocycles. The van der Waals surface area contributed by atoms with Crippen LogP contribution in [0.2, 0.25) is 0 Å². The van der Waals surface area contributed by atoms with Gasteiger partial charge in [-0.2, -0.15) is 5.26 Å². The number of hydrogen-bond acceptors (Lipinski definition) is 6. The number of carboxylic acid groups (broad SMARTS) is 1. The third-order valence-corrected chi connectivity index (χ3v) is 2.83. The third-order valence-electron chi connectivity index (χ3n) is 2.83.